The fourth-order valence-electron chi connectivity index (χ4n) is 2.22. The van der Waals surface area contributed by atoms with Crippen LogP contribution in [0, 0.1) is 13.8 Å². The summed E-state index contributed by atoms with van der Waals surface area (Å²) in [6.45, 7) is 4.01. The topological polar surface area (TPSA) is 62.3 Å². The van der Waals surface area contributed by atoms with Gasteiger partial charge in [-0.25, -0.2) is 0 Å². The summed E-state index contributed by atoms with van der Waals surface area (Å²) in [7, 11) is 5.13. The Bertz CT molecular complexity index is 618. The lowest BCUT2D eigenvalue weighted by molar-refractivity contribution is 0.355. The summed E-state index contributed by atoms with van der Waals surface area (Å²) in [6, 6.07) is 3.88. The maximum atomic E-state index is 6.00. The molecule has 5 heteroatoms. The minimum absolute atomic E-state index is 0.523. The minimum atomic E-state index is 0.523. The molecule has 0 radical (unpaired) electrons. The quantitative estimate of drug-likeness (QED) is 0.921. The Morgan fingerprint density at radius 1 is 1.11 bits per heavy atom. The molecular formula is C14H19N3O2. The van der Waals surface area contributed by atoms with Crippen molar-refractivity contribution >= 4 is 5.82 Å². The minimum Gasteiger partial charge on any atom is -0.493 e. The number of methoxy groups -OCH3 is 2. The van der Waals surface area contributed by atoms with E-state index in [-0.39, 0.29) is 0 Å². The number of ether oxygens (including phenoxy) is 2. The molecule has 0 aliphatic rings. The van der Waals surface area contributed by atoms with E-state index in [4.69, 9.17) is 15.2 Å². The molecule has 0 bridgehead atoms. The summed E-state index contributed by atoms with van der Waals surface area (Å²) >= 11 is 0. The van der Waals surface area contributed by atoms with E-state index < -0.39 is 0 Å². The summed E-state index contributed by atoms with van der Waals surface area (Å²) in [5.74, 6) is 1.92. The van der Waals surface area contributed by atoms with Crippen LogP contribution in [0.1, 0.15) is 11.3 Å². The van der Waals surface area contributed by atoms with Gasteiger partial charge in [-0.15, -0.1) is 0 Å². The number of aromatic nitrogens is 2. The van der Waals surface area contributed by atoms with Crippen molar-refractivity contribution in [1.29, 1.82) is 0 Å². The largest absolute Gasteiger partial charge is 0.493 e. The van der Waals surface area contributed by atoms with Crippen LogP contribution in [0.3, 0.4) is 0 Å². The van der Waals surface area contributed by atoms with Crippen LogP contribution in [0.4, 0.5) is 5.82 Å². The second kappa shape index (κ2) is 4.84. The Hall–Kier alpha value is -2.17. The maximum Gasteiger partial charge on any atom is 0.161 e. The number of aryl methyl sites for hydroxylation is 2. The third-order valence-electron chi connectivity index (χ3n) is 3.36. The molecule has 1 aromatic carbocycles. The van der Waals surface area contributed by atoms with Crippen LogP contribution in [0.15, 0.2) is 12.1 Å². The molecule has 19 heavy (non-hydrogen) atoms. The highest BCUT2D eigenvalue weighted by Gasteiger charge is 2.17. The van der Waals surface area contributed by atoms with Crippen LogP contribution >= 0.6 is 0 Å². The van der Waals surface area contributed by atoms with E-state index in [9.17, 15) is 0 Å². The maximum absolute atomic E-state index is 6.00. The summed E-state index contributed by atoms with van der Waals surface area (Å²) in [4.78, 5) is 0. The first-order valence-corrected chi connectivity index (χ1v) is 6.01. The molecule has 5 nitrogen and oxygen atoms in total. The van der Waals surface area contributed by atoms with Crippen molar-refractivity contribution in [2.24, 2.45) is 7.05 Å². The van der Waals surface area contributed by atoms with Gasteiger partial charge in [-0.3, -0.25) is 4.68 Å². The predicted molar refractivity (Wildman–Crippen MR) is 75.6 cm³/mol. The zero-order chi connectivity index (χ0) is 14.2. The number of nitrogens with zero attached hydrogens (tertiary/aromatic N) is 2. The Kier molecular flexibility index (Phi) is 3.38. The summed E-state index contributed by atoms with van der Waals surface area (Å²) in [6.07, 6.45) is 0. The molecule has 0 spiro atoms. The van der Waals surface area contributed by atoms with Gasteiger partial charge in [0.2, 0.25) is 0 Å². The van der Waals surface area contributed by atoms with E-state index in [1.807, 2.05) is 33.0 Å². The summed E-state index contributed by atoms with van der Waals surface area (Å²) < 4.78 is 12.4. The van der Waals surface area contributed by atoms with E-state index in [0.29, 0.717) is 17.3 Å². The van der Waals surface area contributed by atoms with Gasteiger partial charge in [-0.2, -0.15) is 5.10 Å². The fourth-order valence-corrected chi connectivity index (χ4v) is 2.22. The lowest BCUT2D eigenvalue weighted by Gasteiger charge is -2.13. The first-order chi connectivity index (χ1) is 8.99. The molecule has 1 aromatic heterocycles. The lowest BCUT2D eigenvalue weighted by Crippen LogP contribution is -1.96. The third-order valence-corrected chi connectivity index (χ3v) is 3.36. The van der Waals surface area contributed by atoms with E-state index in [0.717, 1.165) is 22.4 Å². The number of benzene rings is 1. The van der Waals surface area contributed by atoms with E-state index in [1.54, 1.807) is 18.9 Å². The van der Waals surface area contributed by atoms with Gasteiger partial charge in [0, 0.05) is 18.3 Å². The van der Waals surface area contributed by atoms with Gasteiger partial charge in [-0.05, 0) is 37.1 Å². The van der Waals surface area contributed by atoms with E-state index in [1.165, 1.54) is 0 Å². The molecule has 0 saturated heterocycles. The zero-order valence-corrected chi connectivity index (χ0v) is 11.9. The monoisotopic (exact) mass is 261 g/mol. The van der Waals surface area contributed by atoms with Crippen LogP contribution in [-0.2, 0) is 7.05 Å². The molecule has 2 N–H and O–H groups in total. The molecule has 0 atom stereocenters. The molecule has 2 rings (SSSR count). The van der Waals surface area contributed by atoms with Crippen molar-refractivity contribution in [3.8, 4) is 22.6 Å². The molecule has 0 fully saturated rings. The van der Waals surface area contributed by atoms with Crippen LogP contribution in [0.25, 0.3) is 11.1 Å². The second-order valence-corrected chi connectivity index (χ2v) is 4.49. The number of hydrogen-bond acceptors (Lipinski definition) is 4. The number of hydrogen-bond donors (Lipinski definition) is 1. The van der Waals surface area contributed by atoms with Gasteiger partial charge in [0.25, 0.3) is 0 Å². The van der Waals surface area contributed by atoms with Crippen molar-refractivity contribution < 1.29 is 9.47 Å². The molecule has 2 aromatic rings. The Morgan fingerprint density at radius 3 is 2.16 bits per heavy atom. The van der Waals surface area contributed by atoms with Crippen molar-refractivity contribution in [1.82, 2.24) is 9.78 Å². The van der Waals surface area contributed by atoms with Gasteiger partial charge in [0.15, 0.2) is 17.3 Å². The normalized spacial score (nSPS) is 10.6. The highest BCUT2D eigenvalue weighted by Crippen LogP contribution is 2.38. The average molecular weight is 261 g/mol. The van der Waals surface area contributed by atoms with Gasteiger partial charge >= 0.3 is 0 Å². The predicted octanol–water partition coefficient (Wildman–Crippen LogP) is 2.30. The molecule has 0 amide bonds. The molecule has 0 aliphatic carbocycles. The smallest absolute Gasteiger partial charge is 0.161 e. The van der Waals surface area contributed by atoms with Gasteiger partial charge in [0.1, 0.15) is 0 Å². The Morgan fingerprint density at radius 2 is 1.68 bits per heavy atom. The standard InChI is InChI=1S/C14H19N3O2/c1-8-6-11(18-4)12(19-5)7-10(8)13-9(2)17(3)16-14(13)15/h6-7H,1-5H3,(H2,15,16). The van der Waals surface area contributed by atoms with Crippen molar-refractivity contribution in [3.05, 3.63) is 23.4 Å². The third kappa shape index (κ3) is 2.12. The zero-order valence-electron chi connectivity index (χ0n) is 11.9. The average Bonchev–Trinajstić information content (AvgIpc) is 2.63. The summed E-state index contributed by atoms with van der Waals surface area (Å²) in [5.41, 5.74) is 10.1. The SMILES string of the molecule is COc1cc(C)c(-c2c(N)nn(C)c2C)cc1OC. The first-order valence-electron chi connectivity index (χ1n) is 6.01. The fraction of sp³-hybridized carbons (Fsp3) is 0.357. The highest BCUT2D eigenvalue weighted by atomic mass is 16.5. The van der Waals surface area contributed by atoms with Crippen LogP contribution in [-0.4, -0.2) is 24.0 Å². The van der Waals surface area contributed by atoms with Crippen LogP contribution < -0.4 is 15.2 Å². The number of anilines is 1. The molecule has 0 saturated carbocycles. The summed E-state index contributed by atoms with van der Waals surface area (Å²) in [5, 5.41) is 4.25. The first kappa shape index (κ1) is 13.3. The number of nitrogens with two attached hydrogens (primary N) is 1. The van der Waals surface area contributed by atoms with E-state index in [2.05, 4.69) is 5.10 Å². The lowest BCUT2D eigenvalue weighted by atomic mass is 9.99. The Balaban J connectivity index is 2.69. The van der Waals surface area contributed by atoms with Crippen molar-refractivity contribution in [2.75, 3.05) is 20.0 Å². The van der Waals surface area contributed by atoms with Crippen molar-refractivity contribution in [3.63, 3.8) is 0 Å². The van der Waals surface area contributed by atoms with Crippen LogP contribution in [0.2, 0.25) is 0 Å². The molecule has 0 aliphatic heterocycles. The van der Waals surface area contributed by atoms with Crippen molar-refractivity contribution in [2.45, 2.75) is 13.8 Å². The number of nitrogen functional groups attached to an aromatic ring is 1. The molecule has 1 heterocycles. The van der Waals surface area contributed by atoms with Gasteiger partial charge in [-0.1, -0.05) is 0 Å². The molecule has 102 valence electrons. The molecule has 0 unspecified atom stereocenters. The van der Waals surface area contributed by atoms with E-state index >= 15 is 0 Å². The number of rotatable bonds is 3. The van der Waals surface area contributed by atoms with Crippen LogP contribution in [0.5, 0.6) is 11.5 Å². The molecular weight excluding hydrogens is 242 g/mol. The highest BCUT2D eigenvalue weighted by molar-refractivity contribution is 5.80. The Labute approximate surface area is 112 Å². The van der Waals surface area contributed by atoms with Gasteiger partial charge < -0.3 is 15.2 Å². The van der Waals surface area contributed by atoms with Gasteiger partial charge in [0.05, 0.1) is 14.2 Å². The second-order valence-electron chi connectivity index (χ2n) is 4.49.